The summed E-state index contributed by atoms with van der Waals surface area (Å²) in [5, 5.41) is 0.607. The first-order valence-electron chi connectivity index (χ1n) is 7.41. The van der Waals surface area contributed by atoms with Gasteiger partial charge < -0.3 is 28.1 Å². The molecule has 0 spiro atoms. The summed E-state index contributed by atoms with van der Waals surface area (Å²) in [6, 6.07) is 4.86. The summed E-state index contributed by atoms with van der Waals surface area (Å²) in [6.07, 6.45) is 0. The Kier molecular flexibility index (Phi) is 4.31. The molecule has 0 atom stereocenters. The molecular weight excluding hydrogens is 328 g/mol. The van der Waals surface area contributed by atoms with Crippen LogP contribution in [0.4, 0.5) is 0 Å². The zero-order valence-corrected chi connectivity index (χ0v) is 14.6. The Bertz CT molecular complexity index is 1000. The van der Waals surface area contributed by atoms with E-state index in [4.69, 9.17) is 28.1 Å². The third-order valence-corrected chi connectivity index (χ3v) is 3.99. The lowest BCUT2D eigenvalue weighted by Gasteiger charge is -2.15. The Balaban J connectivity index is 2.60. The second-order valence-electron chi connectivity index (χ2n) is 5.13. The predicted molar refractivity (Wildman–Crippen MR) is 92.8 cm³/mol. The van der Waals surface area contributed by atoms with E-state index in [1.165, 1.54) is 35.5 Å². The molecule has 1 heterocycles. The molecule has 0 aliphatic rings. The standard InChI is InChI=1S/C18H18O7/c1-20-10-7-6-9-14(19)13-11(21-2)8-12(22-3)17(24-5)18(13)25-15(9)16(10)23-4/h6-8H,1-5H3. The number of fused-ring (bicyclic) bond motifs is 2. The van der Waals surface area contributed by atoms with Crippen LogP contribution in [0.5, 0.6) is 28.7 Å². The van der Waals surface area contributed by atoms with Crippen molar-refractivity contribution in [1.82, 2.24) is 0 Å². The number of methoxy groups -OCH3 is 5. The van der Waals surface area contributed by atoms with Crippen molar-refractivity contribution in [2.24, 2.45) is 0 Å². The van der Waals surface area contributed by atoms with Gasteiger partial charge in [0.2, 0.25) is 16.9 Å². The van der Waals surface area contributed by atoms with Gasteiger partial charge in [0.05, 0.1) is 40.9 Å². The molecule has 3 rings (SSSR count). The Morgan fingerprint density at radius 1 is 0.720 bits per heavy atom. The molecule has 0 aliphatic carbocycles. The monoisotopic (exact) mass is 346 g/mol. The van der Waals surface area contributed by atoms with Crippen LogP contribution in [-0.2, 0) is 0 Å². The van der Waals surface area contributed by atoms with Crippen molar-refractivity contribution in [3.8, 4) is 28.7 Å². The molecule has 7 nitrogen and oxygen atoms in total. The van der Waals surface area contributed by atoms with Crippen molar-refractivity contribution in [2.75, 3.05) is 35.5 Å². The first-order valence-corrected chi connectivity index (χ1v) is 7.41. The van der Waals surface area contributed by atoms with E-state index in [-0.39, 0.29) is 22.0 Å². The second-order valence-corrected chi connectivity index (χ2v) is 5.13. The quantitative estimate of drug-likeness (QED) is 0.657. The van der Waals surface area contributed by atoms with Crippen LogP contribution < -0.4 is 29.1 Å². The molecule has 0 fully saturated rings. The van der Waals surface area contributed by atoms with Gasteiger partial charge in [-0.05, 0) is 12.1 Å². The van der Waals surface area contributed by atoms with Gasteiger partial charge in [0.15, 0.2) is 22.7 Å². The first-order chi connectivity index (χ1) is 12.1. The Morgan fingerprint density at radius 3 is 1.88 bits per heavy atom. The van der Waals surface area contributed by atoms with E-state index in [2.05, 4.69) is 0 Å². The highest BCUT2D eigenvalue weighted by molar-refractivity contribution is 5.99. The molecule has 132 valence electrons. The molecule has 0 radical (unpaired) electrons. The predicted octanol–water partition coefficient (Wildman–Crippen LogP) is 2.99. The summed E-state index contributed by atoms with van der Waals surface area (Å²) >= 11 is 0. The number of benzene rings is 2. The Hall–Kier alpha value is -3.09. The van der Waals surface area contributed by atoms with Crippen molar-refractivity contribution >= 4 is 21.9 Å². The largest absolute Gasteiger partial charge is 0.496 e. The average molecular weight is 346 g/mol. The van der Waals surface area contributed by atoms with Crippen LogP contribution in [0.15, 0.2) is 27.4 Å². The van der Waals surface area contributed by atoms with Gasteiger partial charge in [-0.25, -0.2) is 0 Å². The Labute approximate surface area is 143 Å². The van der Waals surface area contributed by atoms with Crippen LogP contribution in [0.1, 0.15) is 0 Å². The molecule has 0 unspecified atom stereocenters. The zero-order chi connectivity index (χ0) is 18.1. The normalized spacial score (nSPS) is 10.8. The summed E-state index contributed by atoms with van der Waals surface area (Å²) in [4.78, 5) is 13.1. The van der Waals surface area contributed by atoms with Crippen molar-refractivity contribution in [3.05, 3.63) is 28.4 Å². The zero-order valence-electron chi connectivity index (χ0n) is 14.6. The van der Waals surface area contributed by atoms with Gasteiger partial charge in [0, 0.05) is 6.07 Å². The molecule has 0 saturated heterocycles. The molecule has 0 bridgehead atoms. The van der Waals surface area contributed by atoms with Crippen LogP contribution >= 0.6 is 0 Å². The van der Waals surface area contributed by atoms with Gasteiger partial charge in [0.1, 0.15) is 11.1 Å². The maximum Gasteiger partial charge on any atom is 0.205 e. The van der Waals surface area contributed by atoms with E-state index in [0.717, 1.165) is 0 Å². The van der Waals surface area contributed by atoms with Crippen molar-refractivity contribution in [1.29, 1.82) is 0 Å². The number of hydrogen-bond donors (Lipinski definition) is 0. The fourth-order valence-corrected chi connectivity index (χ4v) is 2.83. The summed E-state index contributed by atoms with van der Waals surface area (Å²) in [5.41, 5.74) is 0.200. The van der Waals surface area contributed by atoms with Gasteiger partial charge in [-0.2, -0.15) is 0 Å². The van der Waals surface area contributed by atoms with Crippen LogP contribution in [0.25, 0.3) is 21.9 Å². The van der Waals surface area contributed by atoms with Gasteiger partial charge >= 0.3 is 0 Å². The summed E-state index contributed by atoms with van der Waals surface area (Å²) < 4.78 is 32.7. The minimum absolute atomic E-state index is 0.211. The van der Waals surface area contributed by atoms with Crippen molar-refractivity contribution in [2.45, 2.75) is 0 Å². The minimum atomic E-state index is -0.269. The molecule has 2 aromatic carbocycles. The van der Waals surface area contributed by atoms with E-state index in [1.807, 2.05) is 0 Å². The fourth-order valence-electron chi connectivity index (χ4n) is 2.83. The van der Waals surface area contributed by atoms with Crippen LogP contribution in [0.3, 0.4) is 0 Å². The number of rotatable bonds is 5. The second kappa shape index (κ2) is 6.43. The average Bonchev–Trinajstić information content (AvgIpc) is 2.65. The molecule has 0 saturated carbocycles. The van der Waals surface area contributed by atoms with Gasteiger partial charge in [0.25, 0.3) is 0 Å². The highest BCUT2D eigenvalue weighted by Crippen LogP contribution is 2.43. The fraction of sp³-hybridized carbons (Fsp3) is 0.278. The maximum atomic E-state index is 13.1. The van der Waals surface area contributed by atoms with E-state index in [9.17, 15) is 4.79 Å². The molecule has 0 aliphatic heterocycles. The SMILES string of the molecule is COc1ccc2c(=O)c3c(OC)cc(OC)c(OC)c3oc2c1OC. The van der Waals surface area contributed by atoms with Crippen molar-refractivity contribution in [3.63, 3.8) is 0 Å². The molecule has 25 heavy (non-hydrogen) atoms. The van der Waals surface area contributed by atoms with Gasteiger partial charge in [-0.15, -0.1) is 0 Å². The number of ether oxygens (including phenoxy) is 5. The van der Waals surface area contributed by atoms with Gasteiger partial charge in [-0.1, -0.05) is 0 Å². The lowest BCUT2D eigenvalue weighted by Crippen LogP contribution is -2.07. The Morgan fingerprint density at radius 2 is 1.32 bits per heavy atom. The molecule has 0 amide bonds. The van der Waals surface area contributed by atoms with Crippen LogP contribution in [0.2, 0.25) is 0 Å². The van der Waals surface area contributed by atoms with E-state index in [0.29, 0.717) is 34.1 Å². The highest BCUT2D eigenvalue weighted by atomic mass is 16.5. The van der Waals surface area contributed by atoms with Gasteiger partial charge in [-0.3, -0.25) is 4.79 Å². The smallest absolute Gasteiger partial charge is 0.205 e. The van der Waals surface area contributed by atoms with E-state index >= 15 is 0 Å². The van der Waals surface area contributed by atoms with Crippen LogP contribution in [-0.4, -0.2) is 35.5 Å². The molecule has 0 N–H and O–H groups in total. The lowest BCUT2D eigenvalue weighted by molar-refractivity contribution is 0.345. The number of hydrogen-bond acceptors (Lipinski definition) is 7. The minimum Gasteiger partial charge on any atom is -0.496 e. The first kappa shape index (κ1) is 16.8. The summed E-state index contributed by atoms with van der Waals surface area (Å²) in [7, 11) is 7.42. The topological polar surface area (TPSA) is 76.4 Å². The van der Waals surface area contributed by atoms with E-state index < -0.39 is 0 Å². The maximum absolute atomic E-state index is 13.1. The van der Waals surface area contributed by atoms with Crippen molar-refractivity contribution < 1.29 is 28.1 Å². The molecule has 3 aromatic rings. The van der Waals surface area contributed by atoms with E-state index in [1.54, 1.807) is 18.2 Å². The summed E-state index contributed by atoms with van der Waals surface area (Å²) in [6.45, 7) is 0. The van der Waals surface area contributed by atoms with Crippen LogP contribution in [0, 0.1) is 0 Å². The third kappa shape index (κ3) is 2.39. The third-order valence-electron chi connectivity index (χ3n) is 3.99. The highest BCUT2D eigenvalue weighted by Gasteiger charge is 2.23. The molecule has 7 heteroatoms. The lowest BCUT2D eigenvalue weighted by atomic mass is 10.1. The molecular formula is C18H18O7. The molecule has 1 aromatic heterocycles. The summed E-state index contributed by atoms with van der Waals surface area (Å²) in [5.74, 6) is 1.78.